The zero-order chi connectivity index (χ0) is 50.6. The summed E-state index contributed by atoms with van der Waals surface area (Å²) in [6.45, 7) is 0. The summed E-state index contributed by atoms with van der Waals surface area (Å²) in [6, 6.07) is 106. The fourth-order valence-electron chi connectivity index (χ4n) is 12.6. The molecule has 0 unspecified atom stereocenters. The summed E-state index contributed by atoms with van der Waals surface area (Å²) < 4.78 is 0. The van der Waals surface area contributed by atoms with Crippen molar-refractivity contribution in [3.8, 4) is 33.4 Å². The first-order valence-electron chi connectivity index (χ1n) is 26.7. The molecule has 0 aliphatic carbocycles. The van der Waals surface area contributed by atoms with E-state index in [1.807, 2.05) is 0 Å². The van der Waals surface area contributed by atoms with E-state index in [2.05, 4.69) is 290 Å². The molecule has 0 amide bonds. The maximum absolute atomic E-state index is 2.50. The summed E-state index contributed by atoms with van der Waals surface area (Å²) >= 11 is 0. The first kappa shape index (κ1) is 43.3. The van der Waals surface area contributed by atoms with Crippen molar-refractivity contribution in [3.63, 3.8) is 0 Å². The Labute approximate surface area is 445 Å². The van der Waals surface area contributed by atoms with Crippen LogP contribution >= 0.6 is 0 Å². The number of hydrogen-bond acceptors (Lipinski definition) is 1. The van der Waals surface area contributed by atoms with Gasteiger partial charge < -0.3 is 4.90 Å². The second-order valence-corrected chi connectivity index (χ2v) is 20.8. The molecule has 16 aromatic rings. The lowest BCUT2D eigenvalue weighted by Gasteiger charge is -2.26. The van der Waals surface area contributed by atoms with Gasteiger partial charge in [0.1, 0.15) is 0 Å². The second kappa shape index (κ2) is 17.2. The number of rotatable bonds is 6. The SMILES string of the molecule is c1ccc2cc(-c3ccc4c(c3)c3cc(-c5ccc6ccccc6c5)ccc3c3cc5c6ccc(-c7ccc(N(c8ccc9ccccc9c8)c8ccc9ccccc9c8)cc7)cc6c6ccccc6c5cc43)ccc2c1. The molecule has 1 nitrogen and oxygen atoms in total. The van der Waals surface area contributed by atoms with Gasteiger partial charge in [0.05, 0.1) is 0 Å². The van der Waals surface area contributed by atoms with Gasteiger partial charge in [0.15, 0.2) is 0 Å². The Morgan fingerprint density at radius 1 is 0.143 bits per heavy atom. The Balaban J connectivity index is 0.864. The van der Waals surface area contributed by atoms with Crippen LogP contribution in [-0.2, 0) is 0 Å². The summed E-state index contributed by atoms with van der Waals surface area (Å²) in [5.74, 6) is 0. The van der Waals surface area contributed by atoms with Gasteiger partial charge >= 0.3 is 0 Å². The van der Waals surface area contributed by atoms with Crippen molar-refractivity contribution in [2.75, 3.05) is 4.90 Å². The molecule has 356 valence electrons. The molecule has 0 radical (unpaired) electrons. The van der Waals surface area contributed by atoms with Crippen LogP contribution < -0.4 is 4.90 Å². The van der Waals surface area contributed by atoms with E-state index in [0.717, 1.165) is 17.1 Å². The molecule has 0 N–H and O–H groups in total. The average molecular weight is 974 g/mol. The van der Waals surface area contributed by atoms with Crippen LogP contribution in [0, 0.1) is 0 Å². The van der Waals surface area contributed by atoms with Crippen LogP contribution in [0.2, 0.25) is 0 Å². The molecule has 0 aliphatic heterocycles. The van der Waals surface area contributed by atoms with E-state index < -0.39 is 0 Å². The zero-order valence-corrected chi connectivity index (χ0v) is 42.1. The molecule has 16 aromatic carbocycles. The lowest BCUT2D eigenvalue weighted by molar-refractivity contribution is 1.29. The van der Waals surface area contributed by atoms with Gasteiger partial charge in [0.2, 0.25) is 0 Å². The molecule has 0 heterocycles. The molecule has 77 heavy (non-hydrogen) atoms. The Bertz CT molecular complexity index is 5030. The van der Waals surface area contributed by atoms with Crippen LogP contribution in [0.5, 0.6) is 0 Å². The number of nitrogens with zero attached hydrogens (tertiary/aromatic N) is 1. The Kier molecular flexibility index (Phi) is 9.71. The molecule has 0 bridgehead atoms. The van der Waals surface area contributed by atoms with E-state index in [0.29, 0.717) is 0 Å². The Morgan fingerprint density at radius 2 is 0.403 bits per heavy atom. The first-order valence-corrected chi connectivity index (χ1v) is 26.7. The molecule has 0 aromatic heterocycles. The van der Waals surface area contributed by atoms with Crippen LogP contribution in [0.1, 0.15) is 0 Å². The third-order valence-corrected chi connectivity index (χ3v) is 16.5. The molecule has 0 spiro atoms. The maximum Gasteiger partial charge on any atom is 0.0468 e. The summed E-state index contributed by atoms with van der Waals surface area (Å²) in [5, 5.41) is 25.1. The van der Waals surface area contributed by atoms with Crippen molar-refractivity contribution in [2.45, 2.75) is 0 Å². The number of hydrogen-bond donors (Lipinski definition) is 0. The standard InChI is InChI=1S/C76H47N/c1-5-15-53-39-57(23-21-48(53)11-1)60-30-37-68-71(44-60)72-45-61(58-24-22-49-12-2-6-16-54(49)40-58)31-38-69(72)76-47-74-67-36-29-59(43-70(67)65-19-9-10-20-66(65)73(74)46-75(68)76)52-25-32-62(33-26-52)77(63-34-27-50-13-3-7-17-55(50)41-63)64-35-28-51-14-4-8-18-56(51)42-64/h1-47H. The van der Waals surface area contributed by atoms with Gasteiger partial charge in [-0.1, -0.05) is 206 Å². The highest BCUT2D eigenvalue weighted by Crippen LogP contribution is 2.46. The normalized spacial score (nSPS) is 11.9. The van der Waals surface area contributed by atoms with Crippen LogP contribution in [-0.4, -0.2) is 0 Å². The first-order chi connectivity index (χ1) is 38.1. The largest absolute Gasteiger partial charge is 0.310 e. The minimum atomic E-state index is 1.11. The number of benzene rings is 16. The van der Waals surface area contributed by atoms with Crippen LogP contribution in [0.25, 0.3) is 141 Å². The molecule has 1 heteroatoms. The van der Waals surface area contributed by atoms with Crippen LogP contribution in [0.4, 0.5) is 17.1 Å². The lowest BCUT2D eigenvalue weighted by atomic mass is 9.86. The summed E-state index contributed by atoms with van der Waals surface area (Å²) in [5.41, 5.74) is 10.6. The van der Waals surface area contributed by atoms with Gasteiger partial charge in [-0.3, -0.25) is 0 Å². The minimum Gasteiger partial charge on any atom is -0.310 e. The summed E-state index contributed by atoms with van der Waals surface area (Å²) in [6.07, 6.45) is 0. The van der Waals surface area contributed by atoms with Gasteiger partial charge in [-0.2, -0.15) is 0 Å². The van der Waals surface area contributed by atoms with Gasteiger partial charge in [0.25, 0.3) is 0 Å². The maximum atomic E-state index is 2.50. The Hall–Kier alpha value is -10.1. The third-order valence-electron chi connectivity index (χ3n) is 16.5. The smallest absolute Gasteiger partial charge is 0.0468 e. The van der Waals surface area contributed by atoms with Gasteiger partial charge in [-0.25, -0.2) is 0 Å². The quantitative estimate of drug-likeness (QED) is 0.119. The molecule has 0 saturated heterocycles. The average Bonchev–Trinajstić information content (AvgIpc) is 3.61. The predicted octanol–water partition coefficient (Wildman–Crippen LogP) is 21.7. The highest BCUT2D eigenvalue weighted by atomic mass is 15.1. The van der Waals surface area contributed by atoms with Gasteiger partial charge in [0, 0.05) is 17.1 Å². The van der Waals surface area contributed by atoms with Gasteiger partial charge in [-0.05, 0) is 220 Å². The molecule has 16 rings (SSSR count). The van der Waals surface area contributed by atoms with E-state index in [-0.39, 0.29) is 0 Å². The van der Waals surface area contributed by atoms with Crippen molar-refractivity contribution in [1.82, 2.24) is 0 Å². The molecular weight excluding hydrogens is 927 g/mol. The summed E-state index contributed by atoms with van der Waals surface area (Å²) in [4.78, 5) is 2.38. The molecule has 0 saturated carbocycles. The van der Waals surface area contributed by atoms with E-state index in [9.17, 15) is 0 Å². The zero-order valence-electron chi connectivity index (χ0n) is 42.1. The Morgan fingerprint density at radius 3 is 0.818 bits per heavy atom. The summed E-state index contributed by atoms with van der Waals surface area (Å²) in [7, 11) is 0. The fourth-order valence-corrected chi connectivity index (χ4v) is 12.6. The molecule has 0 fully saturated rings. The van der Waals surface area contributed by atoms with Crippen molar-refractivity contribution in [2.24, 2.45) is 0 Å². The van der Waals surface area contributed by atoms with Crippen LogP contribution in [0.15, 0.2) is 285 Å². The molecular formula is C76H47N. The van der Waals surface area contributed by atoms with Crippen molar-refractivity contribution in [1.29, 1.82) is 0 Å². The third kappa shape index (κ3) is 7.16. The van der Waals surface area contributed by atoms with Crippen molar-refractivity contribution >= 4 is 125 Å². The van der Waals surface area contributed by atoms with E-state index in [1.165, 1.54) is 141 Å². The topological polar surface area (TPSA) is 3.24 Å². The van der Waals surface area contributed by atoms with Gasteiger partial charge in [-0.15, -0.1) is 0 Å². The molecule has 0 aliphatic rings. The van der Waals surface area contributed by atoms with Crippen molar-refractivity contribution in [3.05, 3.63) is 285 Å². The fraction of sp³-hybridized carbons (Fsp3) is 0. The van der Waals surface area contributed by atoms with E-state index in [1.54, 1.807) is 0 Å². The predicted molar refractivity (Wildman–Crippen MR) is 332 cm³/mol. The van der Waals surface area contributed by atoms with E-state index in [4.69, 9.17) is 0 Å². The minimum absolute atomic E-state index is 1.11. The number of fused-ring (bicyclic) bond motifs is 16. The monoisotopic (exact) mass is 973 g/mol. The highest BCUT2D eigenvalue weighted by molar-refractivity contribution is 6.33. The molecule has 0 atom stereocenters. The number of anilines is 3. The lowest BCUT2D eigenvalue weighted by Crippen LogP contribution is -2.09. The highest BCUT2D eigenvalue weighted by Gasteiger charge is 2.19. The van der Waals surface area contributed by atoms with Crippen LogP contribution in [0.3, 0.4) is 0 Å². The van der Waals surface area contributed by atoms with Crippen molar-refractivity contribution < 1.29 is 0 Å². The second-order valence-electron chi connectivity index (χ2n) is 20.8. The van der Waals surface area contributed by atoms with E-state index >= 15 is 0 Å².